The van der Waals surface area contributed by atoms with Gasteiger partial charge in [0.15, 0.2) is 18.1 Å². The van der Waals surface area contributed by atoms with E-state index in [0.717, 1.165) is 5.56 Å². The van der Waals surface area contributed by atoms with E-state index in [-0.39, 0.29) is 17.8 Å². The first-order chi connectivity index (χ1) is 16.5. The van der Waals surface area contributed by atoms with Crippen molar-refractivity contribution in [2.45, 2.75) is 13.8 Å². The van der Waals surface area contributed by atoms with Crippen LogP contribution in [0, 0.1) is 18.3 Å². The topological polar surface area (TPSA) is 98.8 Å². The summed E-state index contributed by atoms with van der Waals surface area (Å²) in [7, 11) is 0. The predicted molar refractivity (Wildman–Crippen MR) is 126 cm³/mol. The Bertz CT molecular complexity index is 1450. The molecule has 7 heteroatoms. The molecule has 0 aliphatic rings. The van der Waals surface area contributed by atoms with Gasteiger partial charge in [0.05, 0.1) is 29.2 Å². The average Bonchev–Trinajstić information content (AvgIpc) is 2.84. The number of esters is 1. The molecule has 0 radical (unpaired) electrons. The van der Waals surface area contributed by atoms with Gasteiger partial charge in [-0.2, -0.15) is 5.26 Å². The Kier molecular flexibility index (Phi) is 6.60. The van der Waals surface area contributed by atoms with Crippen LogP contribution in [-0.4, -0.2) is 19.2 Å². The van der Waals surface area contributed by atoms with E-state index in [4.69, 9.17) is 23.9 Å². The van der Waals surface area contributed by atoms with Crippen LogP contribution in [0.15, 0.2) is 75.9 Å². The first-order valence-corrected chi connectivity index (χ1v) is 10.6. The molecule has 0 fully saturated rings. The second kappa shape index (κ2) is 9.92. The van der Waals surface area contributed by atoms with Crippen LogP contribution in [0.2, 0.25) is 0 Å². The molecule has 1 heterocycles. The lowest BCUT2D eigenvalue weighted by atomic mass is 10.0. The van der Waals surface area contributed by atoms with E-state index < -0.39 is 5.97 Å². The van der Waals surface area contributed by atoms with Gasteiger partial charge in [-0.25, -0.2) is 4.79 Å². The summed E-state index contributed by atoms with van der Waals surface area (Å²) >= 11 is 0. The quantitative estimate of drug-likeness (QED) is 0.285. The van der Waals surface area contributed by atoms with Crippen molar-refractivity contribution in [3.63, 3.8) is 0 Å². The molecular weight excluding hydrogens is 434 g/mol. The lowest BCUT2D eigenvalue weighted by Crippen LogP contribution is -2.18. The van der Waals surface area contributed by atoms with Crippen molar-refractivity contribution in [3.05, 3.63) is 88.3 Å². The van der Waals surface area contributed by atoms with Gasteiger partial charge in [0.2, 0.25) is 5.43 Å². The Hall–Kier alpha value is -4.57. The number of hydrogen-bond donors (Lipinski definition) is 0. The minimum Gasteiger partial charge on any atom is -0.490 e. The van der Waals surface area contributed by atoms with Crippen molar-refractivity contribution >= 4 is 16.9 Å². The maximum absolute atomic E-state index is 13.1. The molecule has 7 nitrogen and oxygen atoms in total. The van der Waals surface area contributed by atoms with Gasteiger partial charge in [-0.1, -0.05) is 30.3 Å². The Morgan fingerprint density at radius 3 is 2.53 bits per heavy atom. The van der Waals surface area contributed by atoms with E-state index in [2.05, 4.69) is 0 Å². The van der Waals surface area contributed by atoms with Crippen molar-refractivity contribution in [1.29, 1.82) is 5.26 Å². The summed E-state index contributed by atoms with van der Waals surface area (Å²) < 4.78 is 22.2. The molecule has 4 aromatic rings. The average molecular weight is 455 g/mol. The molecule has 0 unspecified atom stereocenters. The number of carbonyl (C=O) groups excluding carboxylic acids is 1. The molecule has 0 amide bonds. The maximum atomic E-state index is 13.1. The zero-order valence-corrected chi connectivity index (χ0v) is 18.7. The van der Waals surface area contributed by atoms with Crippen LogP contribution in [0.1, 0.15) is 18.2 Å². The minimum atomic E-state index is -0.647. The molecule has 0 atom stereocenters. The highest BCUT2D eigenvalue weighted by Crippen LogP contribution is 2.29. The maximum Gasteiger partial charge on any atom is 0.349 e. The van der Waals surface area contributed by atoms with Gasteiger partial charge in [-0.15, -0.1) is 0 Å². The number of ether oxygens (including phenoxy) is 3. The molecule has 4 rings (SSSR count). The third-order valence-corrected chi connectivity index (χ3v) is 5.05. The van der Waals surface area contributed by atoms with Crippen LogP contribution in [-0.2, 0) is 4.79 Å². The van der Waals surface area contributed by atoms with E-state index in [1.54, 1.807) is 38.1 Å². The third-order valence-electron chi connectivity index (χ3n) is 5.05. The number of rotatable bonds is 7. The zero-order valence-electron chi connectivity index (χ0n) is 18.7. The molecule has 0 N–H and O–H groups in total. The fraction of sp³-hybridized carbons (Fsp3) is 0.148. The van der Waals surface area contributed by atoms with Gasteiger partial charge in [-0.05, 0) is 43.7 Å². The second-order valence-electron chi connectivity index (χ2n) is 7.36. The number of nitriles is 1. The first kappa shape index (κ1) is 22.6. The van der Waals surface area contributed by atoms with Crippen LogP contribution >= 0.6 is 0 Å². The Morgan fingerprint density at radius 1 is 1.00 bits per heavy atom. The SMILES string of the molecule is CCOc1cc(C#N)ccc1OCC(=O)Oc1ccc2c(=O)c(-c3ccccc3)c(C)oc2c1. The molecule has 0 aliphatic heterocycles. The first-order valence-electron chi connectivity index (χ1n) is 10.6. The molecule has 0 aliphatic carbocycles. The number of nitrogens with zero attached hydrogens (tertiary/aromatic N) is 1. The molecule has 3 aromatic carbocycles. The molecule has 0 saturated heterocycles. The van der Waals surface area contributed by atoms with Crippen molar-refractivity contribution in [2.24, 2.45) is 0 Å². The van der Waals surface area contributed by atoms with E-state index in [1.165, 1.54) is 12.1 Å². The summed E-state index contributed by atoms with van der Waals surface area (Å²) in [6, 6.07) is 20.6. The number of aryl methyl sites for hydroxylation is 1. The summed E-state index contributed by atoms with van der Waals surface area (Å²) in [5, 5.41) is 9.43. The van der Waals surface area contributed by atoms with Gasteiger partial charge in [0, 0.05) is 12.1 Å². The van der Waals surface area contributed by atoms with Crippen LogP contribution < -0.4 is 19.6 Å². The standard InChI is InChI=1S/C27H21NO6/c1-3-31-24-13-18(15-28)9-12-22(24)32-16-25(29)34-20-10-11-21-23(14-20)33-17(2)26(27(21)30)19-7-5-4-6-8-19/h4-14H,3,16H2,1-2H3. The highest BCUT2D eigenvalue weighted by Gasteiger charge is 2.15. The Morgan fingerprint density at radius 2 is 1.79 bits per heavy atom. The van der Waals surface area contributed by atoms with Gasteiger partial charge in [0.25, 0.3) is 0 Å². The second-order valence-corrected chi connectivity index (χ2v) is 7.36. The van der Waals surface area contributed by atoms with Crippen LogP contribution in [0.5, 0.6) is 17.2 Å². The van der Waals surface area contributed by atoms with Crippen molar-refractivity contribution in [2.75, 3.05) is 13.2 Å². The zero-order chi connectivity index (χ0) is 24.1. The molecular formula is C27H21NO6. The van der Waals surface area contributed by atoms with Gasteiger partial charge in [0.1, 0.15) is 17.1 Å². The Balaban J connectivity index is 1.51. The summed E-state index contributed by atoms with van der Waals surface area (Å²) in [6.07, 6.45) is 0. The van der Waals surface area contributed by atoms with Crippen molar-refractivity contribution < 1.29 is 23.4 Å². The van der Waals surface area contributed by atoms with E-state index in [0.29, 0.717) is 46.0 Å². The fourth-order valence-electron chi connectivity index (χ4n) is 3.55. The third kappa shape index (κ3) is 4.76. The molecule has 34 heavy (non-hydrogen) atoms. The monoisotopic (exact) mass is 455 g/mol. The van der Waals surface area contributed by atoms with Crippen molar-refractivity contribution in [1.82, 2.24) is 0 Å². The number of fused-ring (bicyclic) bond motifs is 1. The van der Waals surface area contributed by atoms with E-state index in [1.807, 2.05) is 36.4 Å². The van der Waals surface area contributed by atoms with E-state index >= 15 is 0 Å². The highest BCUT2D eigenvalue weighted by atomic mass is 16.6. The summed E-state index contributed by atoms with van der Waals surface area (Å²) in [6.45, 7) is 3.53. The predicted octanol–water partition coefficient (Wildman–Crippen LogP) is 5.02. The van der Waals surface area contributed by atoms with Crippen LogP contribution in [0.3, 0.4) is 0 Å². The van der Waals surface area contributed by atoms with Crippen LogP contribution in [0.25, 0.3) is 22.1 Å². The molecule has 0 bridgehead atoms. The normalized spacial score (nSPS) is 10.5. The lowest BCUT2D eigenvalue weighted by molar-refractivity contribution is -0.136. The minimum absolute atomic E-state index is 0.157. The molecule has 0 saturated carbocycles. The molecule has 0 spiro atoms. The Labute approximate surface area is 195 Å². The number of carbonyl (C=O) groups is 1. The highest BCUT2D eigenvalue weighted by molar-refractivity contribution is 5.84. The van der Waals surface area contributed by atoms with Crippen molar-refractivity contribution in [3.8, 4) is 34.4 Å². The largest absolute Gasteiger partial charge is 0.490 e. The number of benzene rings is 3. The summed E-state index contributed by atoms with van der Waals surface area (Å²) in [5.41, 5.74) is 1.85. The smallest absolute Gasteiger partial charge is 0.349 e. The molecule has 1 aromatic heterocycles. The van der Waals surface area contributed by atoms with Gasteiger partial charge in [-0.3, -0.25) is 4.79 Å². The van der Waals surface area contributed by atoms with Gasteiger partial charge >= 0.3 is 5.97 Å². The molecule has 170 valence electrons. The summed E-state index contributed by atoms with van der Waals surface area (Å²) in [4.78, 5) is 25.4. The lowest BCUT2D eigenvalue weighted by Gasteiger charge is -2.12. The summed E-state index contributed by atoms with van der Waals surface area (Å²) in [5.74, 6) is 0.741. The fourth-order valence-corrected chi connectivity index (χ4v) is 3.55. The van der Waals surface area contributed by atoms with E-state index in [9.17, 15) is 9.59 Å². The van der Waals surface area contributed by atoms with Crippen LogP contribution in [0.4, 0.5) is 0 Å². The number of hydrogen-bond acceptors (Lipinski definition) is 7. The van der Waals surface area contributed by atoms with Gasteiger partial charge < -0.3 is 18.6 Å².